The van der Waals surface area contributed by atoms with Crippen molar-refractivity contribution < 1.29 is 28.3 Å². The lowest BCUT2D eigenvalue weighted by Gasteiger charge is -2.07. The van der Waals surface area contributed by atoms with Crippen molar-refractivity contribution in [1.29, 1.82) is 0 Å². The Morgan fingerprint density at radius 3 is 2.50 bits per heavy atom. The van der Waals surface area contributed by atoms with Crippen LogP contribution in [-0.4, -0.2) is 31.5 Å². The Hall–Kier alpha value is -3.81. The number of methoxy groups -OCH3 is 1. The number of hydrazine groups is 1. The van der Waals surface area contributed by atoms with Crippen LogP contribution < -0.4 is 15.6 Å². The third-order valence-electron chi connectivity index (χ3n) is 4.01. The Morgan fingerprint density at radius 1 is 1.04 bits per heavy atom. The number of furan rings is 1. The van der Waals surface area contributed by atoms with Crippen molar-refractivity contribution in [2.75, 3.05) is 13.7 Å². The maximum absolute atomic E-state index is 12.2. The average Bonchev–Trinajstić information content (AvgIpc) is 3.06. The molecule has 1 heterocycles. The number of ether oxygens (including phenoxy) is 2. The minimum absolute atomic E-state index is 0.00405. The van der Waals surface area contributed by atoms with E-state index in [-0.39, 0.29) is 5.76 Å². The van der Waals surface area contributed by atoms with Gasteiger partial charge in [0.15, 0.2) is 6.61 Å². The molecule has 28 heavy (non-hydrogen) atoms. The Morgan fingerprint density at radius 2 is 1.79 bits per heavy atom. The van der Waals surface area contributed by atoms with Crippen LogP contribution in [0.25, 0.3) is 11.0 Å². The highest BCUT2D eigenvalue weighted by atomic mass is 16.5. The van der Waals surface area contributed by atoms with Crippen molar-refractivity contribution >= 4 is 28.8 Å². The van der Waals surface area contributed by atoms with Gasteiger partial charge >= 0.3 is 5.97 Å². The van der Waals surface area contributed by atoms with Crippen LogP contribution in [0.4, 0.5) is 0 Å². The summed E-state index contributed by atoms with van der Waals surface area (Å²) in [5.74, 6) is -1.32. The fourth-order valence-corrected chi connectivity index (χ4v) is 2.54. The molecule has 2 amide bonds. The van der Waals surface area contributed by atoms with E-state index in [4.69, 9.17) is 13.9 Å². The van der Waals surface area contributed by atoms with Gasteiger partial charge in [0, 0.05) is 16.5 Å². The van der Waals surface area contributed by atoms with Gasteiger partial charge in [-0.3, -0.25) is 20.4 Å². The summed E-state index contributed by atoms with van der Waals surface area (Å²) in [7, 11) is 1.54. The van der Waals surface area contributed by atoms with Crippen molar-refractivity contribution in [2.45, 2.75) is 6.92 Å². The summed E-state index contributed by atoms with van der Waals surface area (Å²) in [5, 5.41) is 0.714. The van der Waals surface area contributed by atoms with Gasteiger partial charge in [-0.15, -0.1) is 0 Å². The molecule has 2 aromatic carbocycles. The Bertz CT molecular complexity index is 1030. The van der Waals surface area contributed by atoms with Crippen LogP contribution >= 0.6 is 0 Å². The normalized spacial score (nSPS) is 10.4. The quantitative estimate of drug-likeness (QED) is 0.518. The summed E-state index contributed by atoms with van der Waals surface area (Å²) in [4.78, 5) is 35.9. The highest BCUT2D eigenvalue weighted by Crippen LogP contribution is 2.29. The average molecular weight is 382 g/mol. The third-order valence-corrected chi connectivity index (χ3v) is 4.01. The molecule has 0 saturated carbocycles. The fourth-order valence-electron chi connectivity index (χ4n) is 2.54. The number of esters is 1. The highest BCUT2D eigenvalue weighted by molar-refractivity contribution is 5.98. The summed E-state index contributed by atoms with van der Waals surface area (Å²) in [6.07, 6.45) is 0. The molecule has 3 aromatic rings. The number of nitrogens with one attached hydrogen (secondary N) is 2. The second-order valence-electron chi connectivity index (χ2n) is 5.86. The van der Waals surface area contributed by atoms with Crippen LogP contribution in [0, 0.1) is 6.92 Å². The highest BCUT2D eigenvalue weighted by Gasteiger charge is 2.20. The molecule has 8 nitrogen and oxygen atoms in total. The topological polar surface area (TPSA) is 107 Å². The van der Waals surface area contributed by atoms with E-state index in [9.17, 15) is 14.4 Å². The van der Waals surface area contributed by atoms with Crippen LogP contribution in [0.1, 0.15) is 26.5 Å². The van der Waals surface area contributed by atoms with Gasteiger partial charge in [0.2, 0.25) is 5.76 Å². The maximum atomic E-state index is 12.2. The molecule has 1 aromatic heterocycles. The number of carbonyl (C=O) groups excluding carboxylic acids is 3. The molecule has 0 aliphatic rings. The number of hydrogen-bond acceptors (Lipinski definition) is 6. The minimum atomic E-state index is -0.780. The first-order valence-electron chi connectivity index (χ1n) is 8.38. The zero-order chi connectivity index (χ0) is 20.1. The SMILES string of the molecule is COc1ccc2oc(C(=O)OCC(=O)NNC(=O)c3ccccc3)c(C)c2c1. The van der Waals surface area contributed by atoms with Gasteiger partial charge in [0.1, 0.15) is 11.3 Å². The minimum Gasteiger partial charge on any atom is -0.497 e. The number of benzene rings is 2. The van der Waals surface area contributed by atoms with Gasteiger partial charge in [-0.1, -0.05) is 18.2 Å². The van der Waals surface area contributed by atoms with E-state index >= 15 is 0 Å². The van der Waals surface area contributed by atoms with E-state index in [1.54, 1.807) is 62.6 Å². The predicted molar refractivity (Wildman–Crippen MR) is 99.8 cm³/mol. The Kier molecular flexibility index (Phi) is 5.59. The first kappa shape index (κ1) is 19.0. The van der Waals surface area contributed by atoms with Gasteiger partial charge < -0.3 is 13.9 Å². The van der Waals surface area contributed by atoms with Gasteiger partial charge in [0.25, 0.3) is 11.8 Å². The summed E-state index contributed by atoms with van der Waals surface area (Å²) in [6.45, 7) is 1.13. The third kappa shape index (κ3) is 4.12. The largest absolute Gasteiger partial charge is 0.497 e. The van der Waals surface area contributed by atoms with Gasteiger partial charge in [0.05, 0.1) is 7.11 Å². The summed E-state index contributed by atoms with van der Waals surface area (Å²) in [5.41, 5.74) is 5.89. The number of carbonyl (C=O) groups is 3. The molecule has 0 saturated heterocycles. The molecule has 0 radical (unpaired) electrons. The summed E-state index contributed by atoms with van der Waals surface area (Å²) >= 11 is 0. The van der Waals surface area contributed by atoms with E-state index < -0.39 is 24.4 Å². The van der Waals surface area contributed by atoms with Gasteiger partial charge in [-0.2, -0.15) is 0 Å². The predicted octanol–water partition coefficient (Wildman–Crippen LogP) is 2.37. The van der Waals surface area contributed by atoms with Crippen LogP contribution in [-0.2, 0) is 9.53 Å². The summed E-state index contributed by atoms with van der Waals surface area (Å²) in [6, 6.07) is 13.5. The molecule has 2 N–H and O–H groups in total. The van der Waals surface area contributed by atoms with Crippen molar-refractivity contribution in [3.63, 3.8) is 0 Å². The van der Waals surface area contributed by atoms with Crippen LogP contribution in [0.5, 0.6) is 5.75 Å². The number of fused-ring (bicyclic) bond motifs is 1. The van der Waals surface area contributed by atoms with Gasteiger partial charge in [-0.25, -0.2) is 4.79 Å². The lowest BCUT2D eigenvalue weighted by molar-refractivity contribution is -0.125. The molecule has 0 atom stereocenters. The first-order valence-corrected chi connectivity index (χ1v) is 8.38. The van der Waals surface area contributed by atoms with E-state index in [0.717, 1.165) is 0 Å². The zero-order valence-corrected chi connectivity index (χ0v) is 15.3. The van der Waals surface area contributed by atoms with Crippen LogP contribution in [0.15, 0.2) is 52.9 Å². The molecule has 144 valence electrons. The number of amides is 2. The van der Waals surface area contributed by atoms with E-state index in [1.165, 1.54) is 0 Å². The van der Waals surface area contributed by atoms with Crippen molar-refractivity contribution in [1.82, 2.24) is 10.9 Å². The smallest absolute Gasteiger partial charge is 0.375 e. The molecule has 0 spiro atoms. The molecular formula is C20H18N2O6. The Balaban J connectivity index is 1.56. The monoisotopic (exact) mass is 382 g/mol. The summed E-state index contributed by atoms with van der Waals surface area (Å²) < 4.78 is 15.6. The lowest BCUT2D eigenvalue weighted by atomic mass is 10.1. The number of hydrogen-bond donors (Lipinski definition) is 2. The van der Waals surface area contributed by atoms with E-state index in [1.807, 2.05) is 0 Å². The molecular weight excluding hydrogens is 364 g/mol. The molecule has 0 aliphatic carbocycles. The molecule has 0 fully saturated rings. The first-order chi connectivity index (χ1) is 13.5. The molecule has 0 aliphatic heterocycles. The van der Waals surface area contributed by atoms with Crippen molar-refractivity contribution in [2.24, 2.45) is 0 Å². The lowest BCUT2D eigenvalue weighted by Crippen LogP contribution is -2.43. The van der Waals surface area contributed by atoms with Gasteiger partial charge in [-0.05, 0) is 37.3 Å². The fraction of sp³-hybridized carbons (Fsp3) is 0.150. The van der Waals surface area contributed by atoms with E-state index in [0.29, 0.717) is 27.8 Å². The van der Waals surface area contributed by atoms with Crippen LogP contribution in [0.2, 0.25) is 0 Å². The van der Waals surface area contributed by atoms with Crippen molar-refractivity contribution in [3.8, 4) is 5.75 Å². The second kappa shape index (κ2) is 8.26. The zero-order valence-electron chi connectivity index (χ0n) is 15.3. The van der Waals surface area contributed by atoms with Crippen molar-refractivity contribution in [3.05, 3.63) is 65.4 Å². The molecule has 0 bridgehead atoms. The molecule has 0 unspecified atom stereocenters. The number of aryl methyl sites for hydroxylation is 1. The standard InChI is InChI=1S/C20H18N2O6/c1-12-15-10-14(26-2)8-9-16(15)28-18(12)20(25)27-11-17(23)21-22-19(24)13-6-4-3-5-7-13/h3-10H,11H2,1-2H3,(H,21,23)(H,22,24). The molecule has 3 rings (SSSR count). The van der Waals surface area contributed by atoms with E-state index in [2.05, 4.69) is 10.9 Å². The van der Waals surface area contributed by atoms with Crippen LogP contribution in [0.3, 0.4) is 0 Å². The molecule has 8 heteroatoms. The maximum Gasteiger partial charge on any atom is 0.375 e. The second-order valence-corrected chi connectivity index (χ2v) is 5.86. The number of rotatable bonds is 5. The Labute approximate surface area is 160 Å².